The second-order valence-electron chi connectivity index (χ2n) is 5.16. The first-order chi connectivity index (χ1) is 8.70. The third-order valence-corrected chi connectivity index (χ3v) is 3.70. The number of Topliss-reactive ketones (excluding diaryl/α,β-unsaturated/α-hetero) is 1. The molecule has 0 saturated heterocycles. The van der Waals surface area contributed by atoms with E-state index in [9.17, 15) is 4.79 Å². The van der Waals surface area contributed by atoms with Gasteiger partial charge in [0.2, 0.25) is 0 Å². The molecule has 0 aromatic carbocycles. The molecule has 1 aliphatic carbocycles. The van der Waals surface area contributed by atoms with Crippen LogP contribution in [0, 0.1) is 11.8 Å². The first-order valence-corrected chi connectivity index (χ1v) is 6.82. The average molecular weight is 247 g/mol. The van der Waals surface area contributed by atoms with Gasteiger partial charge in [0.05, 0.1) is 12.8 Å². The van der Waals surface area contributed by atoms with E-state index < -0.39 is 0 Å². The zero-order chi connectivity index (χ0) is 13.0. The van der Waals surface area contributed by atoms with Crippen LogP contribution in [0.15, 0.2) is 18.5 Å². The first kappa shape index (κ1) is 13.1. The van der Waals surface area contributed by atoms with Gasteiger partial charge < -0.3 is 4.74 Å². The van der Waals surface area contributed by atoms with Crippen molar-refractivity contribution < 1.29 is 9.53 Å². The zero-order valence-electron chi connectivity index (χ0n) is 11.2. The van der Waals surface area contributed by atoms with E-state index in [1.165, 1.54) is 0 Å². The van der Waals surface area contributed by atoms with Gasteiger partial charge in [-0.2, -0.15) is 0 Å². The van der Waals surface area contributed by atoms with Crippen LogP contribution in [0.25, 0.3) is 0 Å². The second-order valence-corrected chi connectivity index (χ2v) is 5.16. The summed E-state index contributed by atoms with van der Waals surface area (Å²) in [5, 5.41) is 0. The van der Waals surface area contributed by atoms with Gasteiger partial charge in [0.1, 0.15) is 5.75 Å². The molecular formula is C15H21NO2. The SMILES string of the molecule is CCOc1cncc(C(=O)C2CCC(C)CC2)c1. The molecule has 1 aromatic heterocycles. The maximum Gasteiger partial charge on any atom is 0.167 e. The number of ketones is 1. The number of rotatable bonds is 4. The van der Waals surface area contributed by atoms with E-state index in [1.54, 1.807) is 12.4 Å². The van der Waals surface area contributed by atoms with E-state index >= 15 is 0 Å². The Kier molecular flexibility index (Phi) is 4.34. The molecule has 98 valence electrons. The van der Waals surface area contributed by atoms with Crippen LogP contribution < -0.4 is 4.74 Å². The second kappa shape index (κ2) is 5.98. The lowest BCUT2D eigenvalue weighted by Crippen LogP contribution is -2.21. The summed E-state index contributed by atoms with van der Waals surface area (Å²) in [4.78, 5) is 16.5. The van der Waals surface area contributed by atoms with Gasteiger partial charge in [0, 0.05) is 17.7 Å². The summed E-state index contributed by atoms with van der Waals surface area (Å²) < 4.78 is 5.39. The van der Waals surface area contributed by atoms with Crippen LogP contribution in [0.1, 0.15) is 49.9 Å². The monoisotopic (exact) mass is 247 g/mol. The predicted molar refractivity (Wildman–Crippen MR) is 70.9 cm³/mol. The van der Waals surface area contributed by atoms with Crippen molar-refractivity contribution in [2.24, 2.45) is 11.8 Å². The quantitative estimate of drug-likeness (QED) is 0.764. The molecule has 1 aromatic rings. The molecule has 1 aliphatic rings. The molecular weight excluding hydrogens is 226 g/mol. The summed E-state index contributed by atoms with van der Waals surface area (Å²) >= 11 is 0. The summed E-state index contributed by atoms with van der Waals surface area (Å²) in [6, 6.07) is 1.82. The highest BCUT2D eigenvalue weighted by Gasteiger charge is 2.25. The maximum absolute atomic E-state index is 12.4. The number of ether oxygens (including phenoxy) is 1. The number of aromatic nitrogens is 1. The number of carbonyl (C=O) groups is 1. The molecule has 0 spiro atoms. The fourth-order valence-corrected chi connectivity index (χ4v) is 2.56. The van der Waals surface area contributed by atoms with Crippen molar-refractivity contribution in [3.05, 3.63) is 24.0 Å². The summed E-state index contributed by atoms with van der Waals surface area (Å²) in [6.45, 7) is 4.79. The molecule has 3 heteroatoms. The van der Waals surface area contributed by atoms with E-state index in [4.69, 9.17) is 4.74 Å². The number of carbonyl (C=O) groups excluding carboxylic acids is 1. The van der Waals surface area contributed by atoms with Gasteiger partial charge in [-0.3, -0.25) is 9.78 Å². The van der Waals surface area contributed by atoms with Crippen molar-refractivity contribution in [2.75, 3.05) is 6.61 Å². The van der Waals surface area contributed by atoms with Crippen molar-refractivity contribution in [2.45, 2.75) is 39.5 Å². The smallest absolute Gasteiger partial charge is 0.167 e. The minimum absolute atomic E-state index is 0.180. The minimum Gasteiger partial charge on any atom is -0.492 e. The number of hydrogen-bond donors (Lipinski definition) is 0. The maximum atomic E-state index is 12.4. The van der Waals surface area contributed by atoms with Crippen molar-refractivity contribution in [3.8, 4) is 5.75 Å². The Morgan fingerprint density at radius 2 is 2.06 bits per heavy atom. The molecule has 1 fully saturated rings. The van der Waals surface area contributed by atoms with Gasteiger partial charge in [-0.1, -0.05) is 19.8 Å². The van der Waals surface area contributed by atoms with E-state index in [0.717, 1.165) is 31.6 Å². The molecule has 1 saturated carbocycles. The van der Waals surface area contributed by atoms with Gasteiger partial charge in [-0.05, 0) is 31.7 Å². The molecule has 0 radical (unpaired) electrons. The number of hydrogen-bond acceptors (Lipinski definition) is 3. The van der Waals surface area contributed by atoms with Crippen molar-refractivity contribution in [3.63, 3.8) is 0 Å². The molecule has 2 rings (SSSR count). The lowest BCUT2D eigenvalue weighted by Gasteiger charge is -2.25. The zero-order valence-corrected chi connectivity index (χ0v) is 11.2. The van der Waals surface area contributed by atoms with Crippen molar-refractivity contribution in [1.29, 1.82) is 0 Å². The van der Waals surface area contributed by atoms with E-state index in [0.29, 0.717) is 17.9 Å². The number of pyridine rings is 1. The fraction of sp³-hybridized carbons (Fsp3) is 0.600. The highest BCUT2D eigenvalue weighted by Crippen LogP contribution is 2.30. The summed E-state index contributed by atoms with van der Waals surface area (Å²) in [7, 11) is 0. The molecule has 1 heterocycles. The van der Waals surface area contributed by atoms with Gasteiger partial charge >= 0.3 is 0 Å². The van der Waals surface area contributed by atoms with Gasteiger partial charge in [0.15, 0.2) is 5.78 Å². The average Bonchev–Trinajstić information content (AvgIpc) is 2.39. The molecule has 0 N–H and O–H groups in total. The topological polar surface area (TPSA) is 39.2 Å². The number of nitrogens with zero attached hydrogens (tertiary/aromatic N) is 1. The Morgan fingerprint density at radius 3 is 2.72 bits per heavy atom. The van der Waals surface area contributed by atoms with Crippen LogP contribution in [0.5, 0.6) is 5.75 Å². The normalized spacial score (nSPS) is 23.7. The largest absolute Gasteiger partial charge is 0.492 e. The third kappa shape index (κ3) is 3.09. The Balaban J connectivity index is 2.06. The van der Waals surface area contributed by atoms with Gasteiger partial charge in [-0.15, -0.1) is 0 Å². The Bertz CT molecular complexity index is 409. The van der Waals surface area contributed by atoms with Gasteiger partial charge in [0.25, 0.3) is 0 Å². The minimum atomic E-state index is 0.180. The summed E-state index contributed by atoms with van der Waals surface area (Å²) in [6.07, 6.45) is 7.66. The Hall–Kier alpha value is -1.38. The molecule has 0 atom stereocenters. The van der Waals surface area contributed by atoms with Crippen LogP contribution in [-0.4, -0.2) is 17.4 Å². The first-order valence-electron chi connectivity index (χ1n) is 6.82. The van der Waals surface area contributed by atoms with Crippen LogP contribution in [0.3, 0.4) is 0 Å². The van der Waals surface area contributed by atoms with E-state index in [2.05, 4.69) is 11.9 Å². The van der Waals surface area contributed by atoms with Crippen molar-refractivity contribution >= 4 is 5.78 Å². The highest BCUT2D eigenvalue weighted by atomic mass is 16.5. The highest BCUT2D eigenvalue weighted by molar-refractivity contribution is 5.97. The lowest BCUT2D eigenvalue weighted by molar-refractivity contribution is 0.0875. The fourth-order valence-electron chi connectivity index (χ4n) is 2.56. The molecule has 3 nitrogen and oxygen atoms in total. The molecule has 0 unspecified atom stereocenters. The predicted octanol–water partition coefficient (Wildman–Crippen LogP) is 3.49. The van der Waals surface area contributed by atoms with E-state index in [1.807, 2.05) is 13.0 Å². The third-order valence-electron chi connectivity index (χ3n) is 3.70. The molecule has 0 aliphatic heterocycles. The summed E-state index contributed by atoms with van der Waals surface area (Å²) in [5.74, 6) is 1.87. The van der Waals surface area contributed by atoms with Crippen LogP contribution in [-0.2, 0) is 0 Å². The molecule has 0 bridgehead atoms. The Morgan fingerprint density at radius 1 is 1.33 bits per heavy atom. The van der Waals surface area contributed by atoms with Crippen LogP contribution in [0.2, 0.25) is 0 Å². The standard InChI is InChI=1S/C15H21NO2/c1-3-18-14-8-13(9-16-10-14)15(17)12-6-4-11(2)5-7-12/h8-12H,3-7H2,1-2H3. The van der Waals surface area contributed by atoms with Crippen LogP contribution >= 0.6 is 0 Å². The Labute approximate surface area is 109 Å². The van der Waals surface area contributed by atoms with Crippen LogP contribution in [0.4, 0.5) is 0 Å². The van der Waals surface area contributed by atoms with E-state index in [-0.39, 0.29) is 11.7 Å². The van der Waals surface area contributed by atoms with Crippen molar-refractivity contribution in [1.82, 2.24) is 4.98 Å². The lowest BCUT2D eigenvalue weighted by atomic mass is 9.79. The molecule has 18 heavy (non-hydrogen) atoms. The van der Waals surface area contributed by atoms with Gasteiger partial charge in [-0.25, -0.2) is 0 Å². The molecule has 0 amide bonds. The summed E-state index contributed by atoms with van der Waals surface area (Å²) in [5.41, 5.74) is 0.695.